The van der Waals surface area contributed by atoms with E-state index in [-0.39, 0.29) is 18.4 Å². The summed E-state index contributed by atoms with van der Waals surface area (Å²) in [5, 5.41) is 2.78. The van der Waals surface area contributed by atoms with Gasteiger partial charge in [-0.1, -0.05) is 64.4 Å². The van der Waals surface area contributed by atoms with Crippen LogP contribution in [0.1, 0.15) is 73.8 Å². The third kappa shape index (κ3) is 10.3. The monoisotopic (exact) mass is 533 g/mol. The number of nitrogens with one attached hydrogen (secondary N) is 1. The quantitative estimate of drug-likeness (QED) is 0.400. The first-order chi connectivity index (χ1) is 17.6. The molecule has 1 rings (SSSR count). The first kappa shape index (κ1) is 32.9. The predicted octanol–water partition coefficient (Wildman–Crippen LogP) is 4.39. The lowest BCUT2D eigenvalue weighted by atomic mass is 9.98. The van der Waals surface area contributed by atoms with E-state index in [2.05, 4.69) is 5.32 Å². The molecule has 0 aromatic heterocycles. The summed E-state index contributed by atoms with van der Waals surface area (Å²) in [6.45, 7) is 14.7. The third-order valence-electron chi connectivity index (χ3n) is 6.42. The Morgan fingerprint density at radius 1 is 0.947 bits per heavy atom. The van der Waals surface area contributed by atoms with E-state index in [4.69, 9.17) is 9.47 Å². The number of benzene rings is 1. The maximum atomic E-state index is 13.5. The zero-order chi connectivity index (χ0) is 29.2. The summed E-state index contributed by atoms with van der Waals surface area (Å²) in [5.41, 5.74) is 0.139. The van der Waals surface area contributed by atoms with Crippen molar-refractivity contribution in [2.75, 3.05) is 14.1 Å². The van der Waals surface area contributed by atoms with Crippen LogP contribution >= 0.6 is 0 Å². The lowest BCUT2D eigenvalue weighted by Crippen LogP contribution is -2.57. The van der Waals surface area contributed by atoms with Crippen molar-refractivity contribution in [2.24, 2.45) is 11.8 Å². The Hall–Kier alpha value is -3.10. The molecule has 4 atom stereocenters. The van der Waals surface area contributed by atoms with Crippen LogP contribution in [0.3, 0.4) is 0 Å². The van der Waals surface area contributed by atoms with Crippen LogP contribution in [0.4, 0.5) is 4.79 Å². The fourth-order valence-corrected chi connectivity index (χ4v) is 3.73. The van der Waals surface area contributed by atoms with Crippen molar-refractivity contribution in [1.82, 2.24) is 15.1 Å². The number of esters is 1. The Balaban J connectivity index is 2.99. The highest BCUT2D eigenvalue weighted by Crippen LogP contribution is 2.18. The van der Waals surface area contributed by atoms with Crippen molar-refractivity contribution in [3.63, 3.8) is 0 Å². The van der Waals surface area contributed by atoms with Gasteiger partial charge in [-0.15, -0.1) is 0 Å². The van der Waals surface area contributed by atoms with E-state index >= 15 is 0 Å². The van der Waals surface area contributed by atoms with Crippen LogP contribution in [0, 0.1) is 11.8 Å². The van der Waals surface area contributed by atoms with Crippen LogP contribution < -0.4 is 5.32 Å². The number of rotatable bonds is 12. The summed E-state index contributed by atoms with van der Waals surface area (Å²) in [7, 11) is 3.05. The molecule has 0 aliphatic heterocycles. The molecular formula is C29H47N3O6. The standard InChI is InChI=1S/C29H47N3O6/c1-11-20(4)24(27(35)38-29(6,7)8)30-25(33)21(5)31(9)26(34)23(17-19(2)3)32(10)28(36)37-18-22-15-13-12-14-16-22/h12-16,19-21,23-24H,11,17-18H2,1-10H3,(H,30,33)/t20-,21-,23-,24-/m0/s1. The highest BCUT2D eigenvalue weighted by atomic mass is 16.6. The molecule has 0 bridgehead atoms. The first-order valence-corrected chi connectivity index (χ1v) is 13.3. The topological polar surface area (TPSA) is 105 Å². The summed E-state index contributed by atoms with van der Waals surface area (Å²) in [6, 6.07) is 6.72. The van der Waals surface area contributed by atoms with E-state index in [1.54, 1.807) is 27.7 Å². The van der Waals surface area contributed by atoms with Gasteiger partial charge < -0.3 is 19.7 Å². The van der Waals surface area contributed by atoms with E-state index in [9.17, 15) is 19.2 Å². The minimum Gasteiger partial charge on any atom is -0.458 e. The second-order valence-corrected chi connectivity index (χ2v) is 11.3. The summed E-state index contributed by atoms with van der Waals surface area (Å²) in [4.78, 5) is 54.9. The molecule has 0 radical (unpaired) electrons. The van der Waals surface area contributed by atoms with Gasteiger partial charge in [-0.05, 0) is 51.5 Å². The Bertz CT molecular complexity index is 928. The number of carbonyl (C=O) groups excluding carboxylic acids is 4. The summed E-state index contributed by atoms with van der Waals surface area (Å²) >= 11 is 0. The normalized spacial score (nSPS) is 14.6. The Morgan fingerprint density at radius 3 is 2.03 bits per heavy atom. The number of hydrogen-bond donors (Lipinski definition) is 1. The molecular weight excluding hydrogens is 486 g/mol. The Kier molecular flexibility index (Phi) is 12.8. The van der Waals surface area contributed by atoms with Gasteiger partial charge in [0, 0.05) is 14.1 Å². The highest BCUT2D eigenvalue weighted by Gasteiger charge is 2.36. The van der Waals surface area contributed by atoms with Crippen molar-refractivity contribution in [3.05, 3.63) is 35.9 Å². The number of likely N-dealkylation sites (N-methyl/N-ethyl adjacent to an activating group) is 2. The fraction of sp³-hybridized carbons (Fsp3) is 0.655. The van der Waals surface area contributed by atoms with Gasteiger partial charge in [0.15, 0.2) is 0 Å². The number of ether oxygens (including phenoxy) is 2. The molecule has 0 saturated carbocycles. The summed E-state index contributed by atoms with van der Waals surface area (Å²) in [5.74, 6) is -1.44. The van der Waals surface area contributed by atoms with Crippen molar-refractivity contribution in [3.8, 4) is 0 Å². The lowest BCUT2D eigenvalue weighted by Gasteiger charge is -2.34. The van der Waals surface area contributed by atoms with Gasteiger partial charge >= 0.3 is 12.1 Å². The van der Waals surface area contributed by atoms with Crippen molar-refractivity contribution >= 4 is 23.9 Å². The van der Waals surface area contributed by atoms with Crippen molar-refractivity contribution in [1.29, 1.82) is 0 Å². The average molecular weight is 534 g/mol. The van der Waals surface area contributed by atoms with Crippen molar-refractivity contribution < 1.29 is 28.7 Å². The molecule has 214 valence electrons. The van der Waals surface area contributed by atoms with Crippen LogP contribution in [0.15, 0.2) is 30.3 Å². The van der Waals surface area contributed by atoms with Gasteiger partial charge in [-0.25, -0.2) is 9.59 Å². The molecule has 9 heteroatoms. The van der Waals surface area contributed by atoms with E-state index in [1.165, 1.54) is 23.9 Å². The molecule has 1 N–H and O–H groups in total. The van der Waals surface area contributed by atoms with Crippen molar-refractivity contribution in [2.45, 2.75) is 98.6 Å². The maximum Gasteiger partial charge on any atom is 0.410 e. The molecule has 0 saturated heterocycles. The number of nitrogens with zero attached hydrogens (tertiary/aromatic N) is 2. The van der Waals surface area contributed by atoms with Crippen LogP contribution in [0.25, 0.3) is 0 Å². The summed E-state index contributed by atoms with van der Waals surface area (Å²) in [6.07, 6.45) is 0.418. The van der Waals surface area contributed by atoms with Crippen LogP contribution in [-0.4, -0.2) is 71.5 Å². The van der Waals surface area contributed by atoms with E-state index in [0.717, 1.165) is 5.56 Å². The summed E-state index contributed by atoms with van der Waals surface area (Å²) < 4.78 is 10.9. The fourth-order valence-electron chi connectivity index (χ4n) is 3.73. The molecule has 1 aromatic carbocycles. The van der Waals surface area contributed by atoms with Crippen LogP contribution in [0.2, 0.25) is 0 Å². The van der Waals surface area contributed by atoms with Crippen LogP contribution in [0.5, 0.6) is 0 Å². The minimum atomic E-state index is -0.889. The van der Waals surface area contributed by atoms with Gasteiger partial charge in [-0.2, -0.15) is 0 Å². The lowest BCUT2D eigenvalue weighted by molar-refractivity contribution is -0.160. The highest BCUT2D eigenvalue weighted by molar-refractivity contribution is 5.92. The minimum absolute atomic E-state index is 0.0862. The van der Waals surface area contributed by atoms with Gasteiger partial charge in [0.25, 0.3) is 0 Å². The molecule has 0 heterocycles. The molecule has 3 amide bonds. The Labute approximate surface area is 228 Å². The molecule has 0 aliphatic carbocycles. The number of carbonyl (C=O) groups is 4. The van der Waals surface area contributed by atoms with Gasteiger partial charge in [-0.3, -0.25) is 14.5 Å². The number of hydrogen-bond acceptors (Lipinski definition) is 6. The largest absolute Gasteiger partial charge is 0.458 e. The van der Waals surface area contributed by atoms with Gasteiger partial charge in [0.2, 0.25) is 11.8 Å². The zero-order valence-corrected chi connectivity index (χ0v) is 24.7. The Morgan fingerprint density at radius 2 is 1.53 bits per heavy atom. The van der Waals surface area contributed by atoms with Crippen LogP contribution in [-0.2, 0) is 30.5 Å². The SMILES string of the molecule is CC[C@H](C)[C@H](NC(=O)[C@H](C)N(C)C(=O)[C@H](CC(C)C)N(C)C(=O)OCc1ccccc1)C(=O)OC(C)(C)C. The second kappa shape index (κ2) is 14.7. The molecule has 0 spiro atoms. The third-order valence-corrected chi connectivity index (χ3v) is 6.42. The van der Waals surface area contributed by atoms with Gasteiger partial charge in [0.1, 0.15) is 30.3 Å². The molecule has 0 unspecified atom stereocenters. The maximum absolute atomic E-state index is 13.5. The number of amides is 3. The molecule has 0 fully saturated rings. The molecule has 38 heavy (non-hydrogen) atoms. The molecule has 9 nitrogen and oxygen atoms in total. The molecule has 1 aromatic rings. The van der Waals surface area contributed by atoms with E-state index < -0.39 is 47.6 Å². The van der Waals surface area contributed by atoms with E-state index in [1.807, 2.05) is 58.0 Å². The average Bonchev–Trinajstić information content (AvgIpc) is 2.85. The second-order valence-electron chi connectivity index (χ2n) is 11.3. The molecule has 0 aliphatic rings. The van der Waals surface area contributed by atoms with E-state index in [0.29, 0.717) is 12.8 Å². The first-order valence-electron chi connectivity index (χ1n) is 13.3. The van der Waals surface area contributed by atoms with Gasteiger partial charge in [0.05, 0.1) is 0 Å². The predicted molar refractivity (Wildman–Crippen MR) is 147 cm³/mol. The zero-order valence-electron chi connectivity index (χ0n) is 24.7. The smallest absolute Gasteiger partial charge is 0.410 e.